The van der Waals surface area contributed by atoms with E-state index in [9.17, 15) is 25.0 Å². The summed E-state index contributed by atoms with van der Waals surface area (Å²) in [6, 6.07) is 62.7. The van der Waals surface area contributed by atoms with E-state index in [1.165, 1.54) is 30.6 Å². The highest BCUT2D eigenvalue weighted by Crippen LogP contribution is 2.31. The third-order valence-electron chi connectivity index (χ3n) is 13.3. The summed E-state index contributed by atoms with van der Waals surface area (Å²) in [6.07, 6.45) is 14.8. The lowest BCUT2D eigenvalue weighted by atomic mass is 9.81. The summed E-state index contributed by atoms with van der Waals surface area (Å²) >= 11 is 5.41. The Bertz CT molecular complexity index is 4460. The first-order valence-corrected chi connectivity index (χ1v) is 29.0. The number of hydrogen-bond acceptors (Lipinski definition) is 22. The summed E-state index contributed by atoms with van der Waals surface area (Å²) in [6.45, 7) is 1.11. The number of benzene rings is 4. The molecule has 24 nitrogen and oxygen atoms in total. The fourth-order valence-corrected chi connectivity index (χ4v) is 8.55. The minimum atomic E-state index is -1.38. The molecular weight excluding hydrogens is 1290 g/mol. The molecule has 0 spiro atoms. The summed E-state index contributed by atoms with van der Waals surface area (Å²) < 4.78 is 11.5. The maximum absolute atomic E-state index is 10.5. The predicted octanol–water partition coefficient (Wildman–Crippen LogP) is 14.6. The van der Waals surface area contributed by atoms with Crippen molar-refractivity contribution < 1.29 is 34.2 Å². The fourth-order valence-electron chi connectivity index (χ4n) is 8.39. The summed E-state index contributed by atoms with van der Waals surface area (Å²) in [5.74, 6) is 1.74. The van der Waals surface area contributed by atoms with Gasteiger partial charge in [0.05, 0.1) is 49.7 Å². The van der Waals surface area contributed by atoms with Crippen molar-refractivity contribution in [3.8, 4) is 45.3 Å². The second-order valence-corrected chi connectivity index (χ2v) is 20.2. The maximum atomic E-state index is 10.5. The Morgan fingerprint density at radius 1 is 0.460 bits per heavy atom. The van der Waals surface area contributed by atoms with Crippen LogP contribution in [0.2, 0.25) is 5.15 Å². The van der Waals surface area contributed by atoms with Gasteiger partial charge in [-0.1, -0.05) is 109 Å². The maximum Gasteiger partial charge on any atom is 0.488 e. The van der Waals surface area contributed by atoms with Crippen LogP contribution in [-0.2, 0) is 19.6 Å². The molecule has 0 saturated carbocycles. The summed E-state index contributed by atoms with van der Waals surface area (Å²) in [7, 11) is -1.38. The number of anilines is 4. The zero-order chi connectivity index (χ0) is 67.3. The van der Waals surface area contributed by atoms with Crippen LogP contribution in [0.4, 0.5) is 40.2 Å². The average Bonchev–Trinajstić information content (AvgIpc) is 1.24. The van der Waals surface area contributed by atoms with Gasteiger partial charge in [0.2, 0.25) is 11.6 Å². The normalized spacial score (nSPS) is 10.0. The molecule has 0 fully saturated rings. The highest BCUT2D eigenvalue weighted by molar-refractivity contribution is 6.58. The van der Waals surface area contributed by atoms with Gasteiger partial charge in [-0.15, -0.1) is 0 Å². The molecule has 4 aromatic carbocycles. The predicted molar refractivity (Wildman–Crippen MR) is 400 cm³/mol. The molecule has 1 aliphatic rings. The largest absolute Gasteiger partial charge is 0.489 e. The number of nitro groups is 2. The Morgan fingerprint density at radius 2 is 0.860 bits per heavy atom. The quantitative estimate of drug-likeness (QED) is 0.0194. The molecule has 0 amide bonds. The van der Waals surface area contributed by atoms with Gasteiger partial charge in [0, 0.05) is 90.4 Å². The molecule has 0 saturated heterocycles. The van der Waals surface area contributed by atoms with Crippen molar-refractivity contribution in [2.24, 2.45) is 4.99 Å². The van der Waals surface area contributed by atoms with E-state index in [0.717, 1.165) is 86.1 Å². The number of carbonyl (C=O) groups is 1. The zero-order valence-electron chi connectivity index (χ0n) is 50.4. The standard InChI is InChI=1S/C25H19N3O.C14H12O2.C10H8N4O2.C10H10N4.C5H6BNO2.C5H4ClN3O2.5CH4/c1-2-4-18(5-3-1)17-29-21-8-6-19(7-9-21)24-16-25-23(28-24)11-10-22(27-25)20-12-14-26-15-13-20;15-10-12-6-8-14(9-7-12)16-11-13-4-2-1-3-5-13;11-10-9(14(15)16)2-1-8(13-10)7-3-5-12-6-4-7;11-8-1-2-9(14-10(8)12)7-3-5-13-6-4-7;8-6(9)5-1-3-7-4-2-5;6-4-2-1-3(9(10)11)5(7)8-4;;;;;/h1-15H,16-17H2;1-10H,11H2;1-6H,(H2,11,13);1-6H,11H2,(H2,12,14);1-4,8-9H;1-2H,(H2,7,8);5*1H4. The molecule has 0 unspecified atom stereocenters. The number of hydrogen-bond donors (Lipinski definition) is 6. The Balaban J connectivity index is 0.000000323. The van der Waals surface area contributed by atoms with Crippen LogP contribution in [0.3, 0.4) is 0 Å². The van der Waals surface area contributed by atoms with Gasteiger partial charge in [0.25, 0.3) is 0 Å². The molecule has 26 heteroatoms. The molecule has 12 aromatic rings. The van der Waals surface area contributed by atoms with Crippen LogP contribution in [0.1, 0.15) is 69.9 Å². The second kappa shape index (κ2) is 42.0. The molecule has 10 N–H and O–H groups in total. The third-order valence-corrected chi connectivity index (χ3v) is 13.5. The molecule has 0 bridgehead atoms. The van der Waals surface area contributed by atoms with Gasteiger partial charge in [-0.2, -0.15) is 0 Å². The van der Waals surface area contributed by atoms with Crippen LogP contribution in [0, 0.1) is 20.2 Å². The summed E-state index contributed by atoms with van der Waals surface area (Å²) in [5.41, 5.74) is 34.6. The lowest BCUT2D eigenvalue weighted by molar-refractivity contribution is -0.384. The minimum absolute atomic E-state index is 0. The van der Waals surface area contributed by atoms with Crippen molar-refractivity contribution in [1.82, 2.24) is 39.9 Å². The smallest absolute Gasteiger partial charge is 0.488 e. The van der Waals surface area contributed by atoms with Crippen molar-refractivity contribution >= 4 is 76.4 Å². The molecule has 514 valence electrons. The van der Waals surface area contributed by atoms with Gasteiger partial charge in [0.15, 0.2) is 0 Å². The van der Waals surface area contributed by atoms with E-state index in [0.29, 0.717) is 41.4 Å². The van der Waals surface area contributed by atoms with Crippen molar-refractivity contribution in [3.05, 3.63) is 309 Å². The van der Waals surface area contributed by atoms with Gasteiger partial charge in [-0.25, -0.2) is 15.0 Å². The Labute approximate surface area is 586 Å². The first-order valence-electron chi connectivity index (χ1n) is 28.6. The van der Waals surface area contributed by atoms with Crippen molar-refractivity contribution in [2.45, 2.75) is 56.8 Å². The highest BCUT2D eigenvalue weighted by Gasteiger charge is 2.19. The van der Waals surface area contributed by atoms with Crippen molar-refractivity contribution in [1.29, 1.82) is 0 Å². The number of nitrogen functional groups attached to an aromatic ring is 4. The van der Waals surface area contributed by atoms with Gasteiger partial charge >= 0.3 is 18.5 Å². The van der Waals surface area contributed by atoms with Crippen LogP contribution in [-0.4, -0.2) is 78.9 Å². The minimum Gasteiger partial charge on any atom is -0.489 e. The number of pyridine rings is 8. The van der Waals surface area contributed by atoms with Crippen LogP contribution >= 0.6 is 11.6 Å². The molecule has 1 aliphatic heterocycles. The summed E-state index contributed by atoms with van der Waals surface area (Å²) in [5, 5.41) is 38.0. The van der Waals surface area contributed by atoms with Crippen LogP contribution in [0.5, 0.6) is 11.5 Å². The molecule has 13 rings (SSSR count). The SMILES string of the molecule is C.C.C.C.C.Nc1ccc(-c2ccncc2)nc1N.Nc1nc(-c2ccncc2)ccc1[N+](=O)[O-].Nc1nc(Cl)ccc1[N+](=O)[O-].O=Cc1ccc(OCc2ccccc2)cc1.OB(O)c1ccncc1.c1ccc(COc2ccc(C3=Nc4ccc(-c5ccncc5)nc4C3)cc2)cc1. The lowest BCUT2D eigenvalue weighted by Gasteiger charge is -2.07. The number of aromatic nitrogens is 8. The fraction of sp³-hybridized carbons (Fsp3) is 0.108. The van der Waals surface area contributed by atoms with Crippen molar-refractivity contribution in [3.63, 3.8) is 0 Å². The van der Waals surface area contributed by atoms with Crippen LogP contribution in [0.25, 0.3) is 33.8 Å². The molecule has 0 aliphatic carbocycles. The Kier molecular flexibility index (Phi) is 34.2. The number of nitrogens with two attached hydrogens (primary N) is 4. The second-order valence-electron chi connectivity index (χ2n) is 19.8. The molecule has 100 heavy (non-hydrogen) atoms. The number of nitrogens with zero attached hydrogens (tertiary/aromatic N) is 11. The lowest BCUT2D eigenvalue weighted by Crippen LogP contribution is -2.29. The monoisotopic (exact) mass is 1370 g/mol. The Morgan fingerprint density at radius 3 is 1.27 bits per heavy atom. The van der Waals surface area contributed by atoms with E-state index in [1.54, 1.807) is 97.8 Å². The first-order chi connectivity index (χ1) is 46.1. The van der Waals surface area contributed by atoms with Gasteiger partial charge < -0.3 is 42.5 Å². The van der Waals surface area contributed by atoms with Crippen LogP contribution < -0.4 is 37.9 Å². The van der Waals surface area contributed by atoms with E-state index < -0.39 is 17.0 Å². The Hall–Kier alpha value is -12.7. The van der Waals surface area contributed by atoms with E-state index in [2.05, 4.69) is 59.2 Å². The first kappa shape index (κ1) is 81.5. The molecule has 9 heterocycles. The third kappa shape index (κ3) is 25.1. The van der Waals surface area contributed by atoms with Gasteiger partial charge in [-0.05, 0) is 156 Å². The molecule has 0 radical (unpaired) electrons. The van der Waals surface area contributed by atoms with Crippen molar-refractivity contribution in [2.75, 3.05) is 22.9 Å². The topological polar surface area (TPSA) is 382 Å². The van der Waals surface area contributed by atoms with E-state index >= 15 is 0 Å². The summed E-state index contributed by atoms with van der Waals surface area (Å²) in [4.78, 5) is 66.8. The van der Waals surface area contributed by atoms with E-state index in [-0.39, 0.29) is 65.3 Å². The number of aldehydes is 1. The molecular formula is C74H79BClN15O9. The molecule has 8 aromatic heterocycles. The zero-order valence-corrected chi connectivity index (χ0v) is 51.1. The number of halogens is 1. The van der Waals surface area contributed by atoms with Gasteiger partial charge in [-0.3, -0.25) is 54.9 Å². The molecule has 0 atom stereocenters. The average molecular weight is 1370 g/mol. The number of carbonyl (C=O) groups excluding carboxylic acids is 1. The van der Waals surface area contributed by atoms with Crippen LogP contribution in [0.15, 0.2) is 261 Å². The number of fused-ring (bicyclic) bond motifs is 1. The number of ether oxygens (including phenoxy) is 2. The number of rotatable bonds is 14. The van der Waals surface area contributed by atoms with E-state index in [4.69, 9.17) is 64.0 Å². The number of aliphatic imine (C=N–C) groups is 1. The van der Waals surface area contributed by atoms with E-state index in [1.807, 2.05) is 103 Å². The highest BCUT2D eigenvalue weighted by atomic mass is 35.5. The van der Waals surface area contributed by atoms with Gasteiger partial charge in [0.1, 0.15) is 42.0 Å².